The van der Waals surface area contributed by atoms with E-state index in [1.54, 1.807) is 0 Å². The van der Waals surface area contributed by atoms with Gasteiger partial charge >= 0.3 is 0 Å². The van der Waals surface area contributed by atoms with Crippen molar-refractivity contribution in [2.75, 3.05) is 26.2 Å². The zero-order chi connectivity index (χ0) is 12.0. The van der Waals surface area contributed by atoms with E-state index in [0.717, 1.165) is 24.4 Å². The van der Waals surface area contributed by atoms with E-state index >= 15 is 0 Å². The maximum Gasteiger partial charge on any atom is 0.0223 e. The van der Waals surface area contributed by atoms with Crippen molar-refractivity contribution in [3.8, 4) is 0 Å². The average Bonchev–Trinajstić information content (AvgIpc) is 2.67. The maximum absolute atomic E-state index is 3.63. The molecule has 16 heavy (non-hydrogen) atoms. The molecule has 0 spiro atoms. The normalized spacial score (nSPS) is 19.9. The zero-order valence-electron chi connectivity index (χ0n) is 11.6. The van der Waals surface area contributed by atoms with E-state index in [-0.39, 0.29) is 0 Å². The highest BCUT2D eigenvalue weighted by molar-refractivity contribution is 4.79. The fourth-order valence-electron chi connectivity index (χ4n) is 2.55. The molecule has 0 bridgehead atoms. The minimum Gasteiger partial charge on any atom is -0.315 e. The third kappa shape index (κ3) is 5.31. The summed E-state index contributed by atoms with van der Waals surface area (Å²) < 4.78 is 0. The molecule has 2 nitrogen and oxygen atoms in total. The van der Waals surface area contributed by atoms with Crippen molar-refractivity contribution in [1.29, 1.82) is 0 Å². The van der Waals surface area contributed by atoms with Gasteiger partial charge in [-0.2, -0.15) is 0 Å². The van der Waals surface area contributed by atoms with Crippen LogP contribution in [0.2, 0.25) is 0 Å². The van der Waals surface area contributed by atoms with Crippen LogP contribution in [0.15, 0.2) is 0 Å². The number of likely N-dealkylation sites (tertiary alicyclic amines) is 1. The number of rotatable bonds is 7. The first kappa shape index (κ1) is 14.0. The lowest BCUT2D eigenvalue weighted by molar-refractivity contribution is 0.206. The van der Waals surface area contributed by atoms with Crippen LogP contribution in [0.5, 0.6) is 0 Å². The molecule has 1 fully saturated rings. The Labute approximate surface area is 102 Å². The highest BCUT2D eigenvalue weighted by atomic mass is 15.2. The van der Waals surface area contributed by atoms with Gasteiger partial charge in [0.15, 0.2) is 0 Å². The molecule has 1 saturated heterocycles. The van der Waals surface area contributed by atoms with E-state index in [4.69, 9.17) is 0 Å². The average molecular weight is 226 g/mol. The van der Waals surface area contributed by atoms with Crippen molar-refractivity contribution in [2.45, 2.75) is 53.0 Å². The molecule has 1 atom stereocenters. The molecule has 0 amide bonds. The van der Waals surface area contributed by atoms with Gasteiger partial charge in [-0.15, -0.1) is 0 Å². The monoisotopic (exact) mass is 226 g/mol. The predicted octanol–water partition coefficient (Wildman–Crippen LogP) is 2.74. The van der Waals surface area contributed by atoms with E-state index in [1.165, 1.54) is 38.9 Å². The van der Waals surface area contributed by atoms with E-state index in [9.17, 15) is 0 Å². The van der Waals surface area contributed by atoms with Crippen molar-refractivity contribution in [2.24, 2.45) is 11.8 Å². The molecule has 0 aromatic carbocycles. The number of nitrogens with zero attached hydrogens (tertiary/aromatic N) is 1. The Hall–Kier alpha value is -0.0800. The van der Waals surface area contributed by atoms with Crippen LogP contribution in [-0.2, 0) is 0 Å². The van der Waals surface area contributed by atoms with Crippen LogP contribution in [0.4, 0.5) is 0 Å². The third-order valence-electron chi connectivity index (χ3n) is 3.33. The van der Waals surface area contributed by atoms with Crippen LogP contribution >= 0.6 is 0 Å². The van der Waals surface area contributed by atoms with Crippen molar-refractivity contribution >= 4 is 0 Å². The molecule has 1 rings (SSSR count). The molecular formula is C14H30N2. The van der Waals surface area contributed by atoms with Crippen molar-refractivity contribution < 1.29 is 0 Å². The molecule has 0 aromatic rings. The van der Waals surface area contributed by atoms with Crippen LogP contribution in [0.1, 0.15) is 47.0 Å². The molecule has 0 radical (unpaired) electrons. The fourth-order valence-corrected chi connectivity index (χ4v) is 2.55. The van der Waals surface area contributed by atoms with Gasteiger partial charge in [-0.05, 0) is 50.7 Å². The number of nitrogens with one attached hydrogen (secondary N) is 1. The van der Waals surface area contributed by atoms with Gasteiger partial charge < -0.3 is 5.32 Å². The summed E-state index contributed by atoms with van der Waals surface area (Å²) in [4.78, 5) is 2.69. The van der Waals surface area contributed by atoms with Gasteiger partial charge in [0.05, 0.1) is 0 Å². The lowest BCUT2D eigenvalue weighted by atomic mass is 10.0. The van der Waals surface area contributed by atoms with Crippen LogP contribution in [0.3, 0.4) is 0 Å². The SMILES string of the molecule is CC(C)CNCC(CC(C)C)N1CCCC1. The van der Waals surface area contributed by atoms with Gasteiger partial charge in [0.2, 0.25) is 0 Å². The molecule has 2 heteroatoms. The van der Waals surface area contributed by atoms with Gasteiger partial charge in [-0.3, -0.25) is 4.90 Å². The molecule has 0 saturated carbocycles. The quantitative estimate of drug-likeness (QED) is 0.718. The minimum absolute atomic E-state index is 0.762. The van der Waals surface area contributed by atoms with Gasteiger partial charge in [-0.1, -0.05) is 27.7 Å². The van der Waals surface area contributed by atoms with E-state index in [1.807, 2.05) is 0 Å². The number of hydrogen-bond donors (Lipinski definition) is 1. The van der Waals surface area contributed by atoms with Crippen LogP contribution in [-0.4, -0.2) is 37.1 Å². The van der Waals surface area contributed by atoms with Crippen molar-refractivity contribution in [1.82, 2.24) is 10.2 Å². The van der Waals surface area contributed by atoms with E-state index in [0.29, 0.717) is 0 Å². The fraction of sp³-hybridized carbons (Fsp3) is 1.00. The molecular weight excluding hydrogens is 196 g/mol. The molecule has 1 N–H and O–H groups in total. The van der Waals surface area contributed by atoms with Crippen LogP contribution in [0, 0.1) is 11.8 Å². The van der Waals surface area contributed by atoms with Gasteiger partial charge in [-0.25, -0.2) is 0 Å². The Morgan fingerprint density at radius 1 is 0.938 bits per heavy atom. The third-order valence-corrected chi connectivity index (χ3v) is 3.33. The molecule has 0 aromatic heterocycles. The summed E-state index contributed by atoms with van der Waals surface area (Å²) >= 11 is 0. The van der Waals surface area contributed by atoms with Gasteiger partial charge in [0.1, 0.15) is 0 Å². The Kier molecular flexibility index (Phi) is 6.37. The second-order valence-corrected chi connectivity index (χ2v) is 6.08. The highest BCUT2D eigenvalue weighted by Crippen LogP contribution is 2.17. The highest BCUT2D eigenvalue weighted by Gasteiger charge is 2.22. The van der Waals surface area contributed by atoms with Crippen LogP contribution < -0.4 is 5.32 Å². The lowest BCUT2D eigenvalue weighted by Crippen LogP contribution is -2.42. The summed E-state index contributed by atoms with van der Waals surface area (Å²) in [5.74, 6) is 1.57. The molecule has 1 aliphatic heterocycles. The summed E-state index contributed by atoms with van der Waals surface area (Å²) in [5.41, 5.74) is 0. The first-order valence-corrected chi connectivity index (χ1v) is 7.04. The van der Waals surface area contributed by atoms with E-state index < -0.39 is 0 Å². The summed E-state index contributed by atoms with van der Waals surface area (Å²) in [5, 5.41) is 3.63. The first-order chi connectivity index (χ1) is 7.59. The largest absolute Gasteiger partial charge is 0.315 e. The molecule has 1 aliphatic rings. The van der Waals surface area contributed by atoms with E-state index in [2.05, 4.69) is 37.9 Å². The molecule has 1 heterocycles. The Balaban J connectivity index is 2.31. The zero-order valence-corrected chi connectivity index (χ0v) is 11.6. The first-order valence-electron chi connectivity index (χ1n) is 7.04. The van der Waals surface area contributed by atoms with Crippen molar-refractivity contribution in [3.63, 3.8) is 0 Å². The lowest BCUT2D eigenvalue weighted by Gasteiger charge is -2.29. The smallest absolute Gasteiger partial charge is 0.0223 e. The maximum atomic E-state index is 3.63. The predicted molar refractivity (Wildman–Crippen MR) is 71.8 cm³/mol. The van der Waals surface area contributed by atoms with Crippen LogP contribution in [0.25, 0.3) is 0 Å². The second kappa shape index (κ2) is 7.29. The molecule has 1 unspecified atom stereocenters. The minimum atomic E-state index is 0.762. The molecule has 0 aliphatic carbocycles. The Morgan fingerprint density at radius 3 is 2.06 bits per heavy atom. The number of hydrogen-bond acceptors (Lipinski definition) is 2. The van der Waals surface area contributed by atoms with Gasteiger partial charge in [0, 0.05) is 12.6 Å². The van der Waals surface area contributed by atoms with Gasteiger partial charge in [0.25, 0.3) is 0 Å². The summed E-state index contributed by atoms with van der Waals surface area (Å²) in [6.07, 6.45) is 4.14. The second-order valence-electron chi connectivity index (χ2n) is 6.08. The summed E-state index contributed by atoms with van der Waals surface area (Å²) in [6.45, 7) is 14.2. The topological polar surface area (TPSA) is 15.3 Å². The Morgan fingerprint density at radius 2 is 1.56 bits per heavy atom. The standard InChI is InChI=1S/C14H30N2/c1-12(2)9-14(11-15-10-13(3)4)16-7-5-6-8-16/h12-15H,5-11H2,1-4H3. The summed E-state index contributed by atoms with van der Waals surface area (Å²) in [7, 11) is 0. The summed E-state index contributed by atoms with van der Waals surface area (Å²) in [6, 6.07) is 0.765. The van der Waals surface area contributed by atoms with Crippen molar-refractivity contribution in [3.05, 3.63) is 0 Å². The Bertz CT molecular complexity index is 172. The molecule has 96 valence electrons.